The molecule has 29 heavy (non-hydrogen) atoms. The predicted octanol–water partition coefficient (Wildman–Crippen LogP) is 2.39. The smallest absolute Gasteiger partial charge is 0.344 e. The topological polar surface area (TPSA) is 105 Å². The third kappa shape index (κ3) is 4.07. The lowest BCUT2D eigenvalue weighted by Crippen LogP contribution is -2.49. The zero-order valence-electron chi connectivity index (χ0n) is 15.5. The molecule has 0 aliphatic carbocycles. The third-order valence-corrected chi connectivity index (χ3v) is 4.79. The van der Waals surface area contributed by atoms with Crippen molar-refractivity contribution >= 4 is 35.4 Å². The number of urea groups is 1. The molecule has 3 rings (SSSR count). The Kier molecular flexibility index (Phi) is 5.84. The molecule has 1 fully saturated rings. The van der Waals surface area contributed by atoms with Gasteiger partial charge in [0, 0.05) is 5.02 Å². The summed E-state index contributed by atoms with van der Waals surface area (Å²) >= 11 is 5.75. The number of ether oxygens (including phenoxy) is 1. The molecule has 2 aromatic rings. The van der Waals surface area contributed by atoms with Gasteiger partial charge in [-0.3, -0.25) is 15.0 Å². The van der Waals surface area contributed by atoms with E-state index in [-0.39, 0.29) is 5.56 Å². The lowest BCUT2D eigenvalue weighted by molar-refractivity contribution is -0.140. The van der Waals surface area contributed by atoms with E-state index in [0.29, 0.717) is 22.0 Å². The Morgan fingerprint density at radius 3 is 2.38 bits per heavy atom. The SMILES string of the molecule is CC[C@]1(c2ccccc2)NC(=O)N(NC(=O)COC(=O)c2ccc(Cl)cc2)C1=O. The molecule has 2 aromatic carbocycles. The maximum absolute atomic E-state index is 12.9. The average Bonchev–Trinajstić information content (AvgIpc) is 2.98. The van der Waals surface area contributed by atoms with Gasteiger partial charge in [0.25, 0.3) is 11.8 Å². The Balaban J connectivity index is 1.64. The summed E-state index contributed by atoms with van der Waals surface area (Å²) < 4.78 is 4.91. The van der Waals surface area contributed by atoms with Crippen molar-refractivity contribution in [3.8, 4) is 0 Å². The largest absolute Gasteiger partial charge is 0.452 e. The van der Waals surface area contributed by atoms with Crippen LogP contribution in [-0.2, 0) is 19.9 Å². The molecule has 2 N–H and O–H groups in total. The average molecular weight is 416 g/mol. The van der Waals surface area contributed by atoms with Gasteiger partial charge in [0.05, 0.1) is 5.56 Å². The molecule has 0 radical (unpaired) electrons. The first kappa shape index (κ1) is 20.3. The predicted molar refractivity (Wildman–Crippen MR) is 104 cm³/mol. The number of esters is 1. The second kappa shape index (κ2) is 8.32. The van der Waals surface area contributed by atoms with Crippen LogP contribution in [-0.4, -0.2) is 35.4 Å². The molecular weight excluding hydrogens is 398 g/mol. The minimum absolute atomic E-state index is 0.214. The fourth-order valence-electron chi connectivity index (χ4n) is 3.00. The molecule has 0 saturated carbocycles. The van der Waals surface area contributed by atoms with Crippen molar-refractivity contribution in [1.82, 2.24) is 15.8 Å². The number of benzene rings is 2. The van der Waals surface area contributed by atoms with E-state index in [0.717, 1.165) is 0 Å². The molecule has 0 spiro atoms. The summed E-state index contributed by atoms with van der Waals surface area (Å²) in [6.07, 6.45) is 0.291. The molecular formula is C20H18ClN3O5. The highest BCUT2D eigenvalue weighted by atomic mass is 35.5. The van der Waals surface area contributed by atoms with E-state index in [2.05, 4.69) is 10.7 Å². The van der Waals surface area contributed by atoms with Crippen LogP contribution in [0.4, 0.5) is 4.79 Å². The molecule has 0 aromatic heterocycles. The van der Waals surface area contributed by atoms with E-state index in [9.17, 15) is 19.2 Å². The van der Waals surface area contributed by atoms with Crippen LogP contribution in [0.25, 0.3) is 0 Å². The summed E-state index contributed by atoms with van der Waals surface area (Å²) in [5.74, 6) is -2.18. The standard InChI is InChI=1S/C20H18ClN3O5/c1-2-20(14-6-4-3-5-7-14)18(27)24(19(28)22-20)23-16(25)12-29-17(26)13-8-10-15(21)11-9-13/h3-11H,2,12H2,1H3,(H,22,28)(H,23,25)/t20-/m1/s1. The summed E-state index contributed by atoms with van der Waals surface area (Å²) in [6.45, 7) is 1.09. The first-order valence-corrected chi connectivity index (χ1v) is 9.19. The number of nitrogens with zero attached hydrogens (tertiary/aromatic N) is 1. The van der Waals surface area contributed by atoms with Gasteiger partial charge >= 0.3 is 12.0 Å². The summed E-state index contributed by atoms with van der Waals surface area (Å²) in [4.78, 5) is 49.3. The Morgan fingerprint density at radius 1 is 1.10 bits per heavy atom. The molecule has 1 heterocycles. The zero-order valence-corrected chi connectivity index (χ0v) is 16.2. The van der Waals surface area contributed by atoms with Crippen LogP contribution in [0.15, 0.2) is 54.6 Å². The van der Waals surface area contributed by atoms with Crippen LogP contribution >= 0.6 is 11.6 Å². The van der Waals surface area contributed by atoms with Crippen LogP contribution in [0, 0.1) is 0 Å². The summed E-state index contributed by atoms with van der Waals surface area (Å²) in [7, 11) is 0. The van der Waals surface area contributed by atoms with Gasteiger partial charge in [0.2, 0.25) is 0 Å². The van der Waals surface area contributed by atoms with Crippen molar-refractivity contribution in [2.75, 3.05) is 6.61 Å². The van der Waals surface area contributed by atoms with Gasteiger partial charge in [-0.05, 0) is 36.2 Å². The van der Waals surface area contributed by atoms with Gasteiger partial charge in [-0.25, -0.2) is 9.59 Å². The molecule has 150 valence electrons. The first-order chi connectivity index (χ1) is 13.9. The first-order valence-electron chi connectivity index (χ1n) is 8.82. The number of halogens is 1. The molecule has 0 bridgehead atoms. The van der Waals surface area contributed by atoms with Crippen LogP contribution in [0.1, 0.15) is 29.3 Å². The van der Waals surface area contributed by atoms with E-state index >= 15 is 0 Å². The number of nitrogens with one attached hydrogen (secondary N) is 2. The van der Waals surface area contributed by atoms with Gasteiger partial charge in [-0.1, -0.05) is 48.9 Å². The fourth-order valence-corrected chi connectivity index (χ4v) is 3.12. The minimum atomic E-state index is -1.27. The minimum Gasteiger partial charge on any atom is -0.452 e. The Bertz CT molecular complexity index is 948. The van der Waals surface area contributed by atoms with Crippen LogP contribution in [0.3, 0.4) is 0 Å². The molecule has 4 amide bonds. The third-order valence-electron chi connectivity index (χ3n) is 4.54. The van der Waals surface area contributed by atoms with Crippen molar-refractivity contribution < 1.29 is 23.9 Å². The summed E-state index contributed by atoms with van der Waals surface area (Å²) in [5, 5.41) is 3.70. The van der Waals surface area contributed by atoms with Gasteiger partial charge in [-0.2, -0.15) is 5.01 Å². The van der Waals surface area contributed by atoms with Gasteiger partial charge in [-0.15, -0.1) is 0 Å². The zero-order chi connectivity index (χ0) is 21.0. The molecule has 9 heteroatoms. The summed E-state index contributed by atoms with van der Waals surface area (Å²) in [6, 6.07) is 13.9. The number of carbonyl (C=O) groups excluding carboxylic acids is 4. The number of imide groups is 1. The van der Waals surface area contributed by atoms with Crippen molar-refractivity contribution in [3.63, 3.8) is 0 Å². The van der Waals surface area contributed by atoms with Crippen LogP contribution in [0.5, 0.6) is 0 Å². The number of carbonyl (C=O) groups is 4. The Morgan fingerprint density at radius 2 is 1.76 bits per heavy atom. The van der Waals surface area contributed by atoms with E-state index in [1.807, 2.05) is 0 Å². The molecule has 1 atom stereocenters. The van der Waals surface area contributed by atoms with E-state index in [1.165, 1.54) is 24.3 Å². The lowest BCUT2D eigenvalue weighted by atomic mass is 9.87. The Labute approximate surface area is 171 Å². The normalized spacial score (nSPS) is 18.3. The second-order valence-corrected chi connectivity index (χ2v) is 6.75. The van der Waals surface area contributed by atoms with E-state index in [1.54, 1.807) is 37.3 Å². The van der Waals surface area contributed by atoms with Gasteiger partial charge in [0.1, 0.15) is 5.54 Å². The van der Waals surface area contributed by atoms with Crippen molar-refractivity contribution in [1.29, 1.82) is 0 Å². The molecule has 8 nitrogen and oxygen atoms in total. The van der Waals surface area contributed by atoms with E-state index in [4.69, 9.17) is 16.3 Å². The fraction of sp³-hybridized carbons (Fsp3) is 0.200. The number of hydrogen-bond donors (Lipinski definition) is 2. The lowest BCUT2D eigenvalue weighted by Gasteiger charge is -2.25. The number of rotatable bonds is 6. The van der Waals surface area contributed by atoms with Crippen LogP contribution in [0.2, 0.25) is 5.02 Å². The van der Waals surface area contributed by atoms with Crippen LogP contribution < -0.4 is 10.7 Å². The quantitative estimate of drug-likeness (QED) is 0.556. The highest BCUT2D eigenvalue weighted by Crippen LogP contribution is 2.31. The monoisotopic (exact) mass is 415 g/mol. The highest BCUT2D eigenvalue weighted by Gasteiger charge is 2.52. The maximum Gasteiger partial charge on any atom is 0.344 e. The molecule has 0 unspecified atom stereocenters. The van der Waals surface area contributed by atoms with Crippen molar-refractivity contribution in [2.45, 2.75) is 18.9 Å². The Hall–Kier alpha value is -3.39. The van der Waals surface area contributed by atoms with E-state index < -0.39 is 36.0 Å². The van der Waals surface area contributed by atoms with Gasteiger partial charge < -0.3 is 10.1 Å². The van der Waals surface area contributed by atoms with Crippen molar-refractivity contribution in [3.05, 3.63) is 70.7 Å². The number of hydrogen-bond acceptors (Lipinski definition) is 5. The second-order valence-electron chi connectivity index (χ2n) is 6.31. The molecule has 1 aliphatic rings. The maximum atomic E-state index is 12.9. The molecule has 1 saturated heterocycles. The number of amides is 4. The molecule has 1 aliphatic heterocycles. The van der Waals surface area contributed by atoms with Gasteiger partial charge in [0.15, 0.2) is 6.61 Å². The summed E-state index contributed by atoms with van der Waals surface area (Å²) in [5.41, 5.74) is 1.73. The van der Waals surface area contributed by atoms with Crippen molar-refractivity contribution in [2.24, 2.45) is 0 Å². The highest BCUT2D eigenvalue weighted by molar-refractivity contribution is 6.30. The number of hydrazine groups is 1.